The molecule has 2 heterocycles. The molecule has 8 heteroatoms. The monoisotopic (exact) mass is 332 g/mol. The van der Waals surface area contributed by atoms with E-state index in [4.69, 9.17) is 5.73 Å². The Kier molecular flexibility index (Phi) is 5.75. The van der Waals surface area contributed by atoms with E-state index in [-0.39, 0.29) is 0 Å². The van der Waals surface area contributed by atoms with Gasteiger partial charge in [-0.25, -0.2) is 8.42 Å². The lowest BCUT2D eigenvalue weighted by Crippen LogP contribution is -2.49. The summed E-state index contributed by atoms with van der Waals surface area (Å²) in [5.74, 6) is 0. The molecule has 0 radical (unpaired) electrons. The van der Waals surface area contributed by atoms with Crippen LogP contribution in [0.5, 0.6) is 0 Å². The second kappa shape index (κ2) is 7.17. The number of nitrogens with two attached hydrogens (primary N) is 1. The number of rotatable bonds is 6. The average Bonchev–Trinajstić information content (AvgIpc) is 2.95. The molecule has 1 aromatic heterocycles. The summed E-state index contributed by atoms with van der Waals surface area (Å²) in [6, 6.07) is 1.69. The fourth-order valence-corrected chi connectivity index (χ4v) is 5.05. The Balaban J connectivity index is 1.94. The Hall–Kier alpha value is -0.510. The van der Waals surface area contributed by atoms with Crippen molar-refractivity contribution in [2.75, 3.05) is 53.4 Å². The maximum atomic E-state index is 12.6. The molecule has 0 atom stereocenters. The van der Waals surface area contributed by atoms with Crippen LogP contribution in [-0.4, -0.2) is 75.9 Å². The molecule has 1 aliphatic rings. The SMILES string of the molecule is CN(C)CCN1CCN(S(=O)(=O)c2cc(CN)cs2)CC1. The van der Waals surface area contributed by atoms with Gasteiger partial charge in [0.1, 0.15) is 4.21 Å². The quantitative estimate of drug-likeness (QED) is 0.799. The van der Waals surface area contributed by atoms with Gasteiger partial charge < -0.3 is 10.6 Å². The highest BCUT2D eigenvalue weighted by Crippen LogP contribution is 2.24. The number of sulfonamides is 1. The first-order chi connectivity index (χ1) is 9.93. The Morgan fingerprint density at radius 3 is 2.48 bits per heavy atom. The summed E-state index contributed by atoms with van der Waals surface area (Å²) < 4.78 is 27.1. The lowest BCUT2D eigenvalue weighted by Gasteiger charge is -2.34. The van der Waals surface area contributed by atoms with Crippen molar-refractivity contribution in [3.05, 3.63) is 17.0 Å². The zero-order valence-electron chi connectivity index (χ0n) is 12.7. The molecule has 6 nitrogen and oxygen atoms in total. The summed E-state index contributed by atoms with van der Waals surface area (Å²) in [7, 11) is 0.750. The molecule has 1 aliphatic heterocycles. The molecule has 2 N–H and O–H groups in total. The van der Waals surface area contributed by atoms with E-state index in [9.17, 15) is 8.42 Å². The van der Waals surface area contributed by atoms with Crippen LogP contribution in [0.3, 0.4) is 0 Å². The zero-order chi connectivity index (χ0) is 15.5. The van der Waals surface area contributed by atoms with Crippen LogP contribution in [0, 0.1) is 0 Å². The Morgan fingerprint density at radius 2 is 1.95 bits per heavy atom. The van der Waals surface area contributed by atoms with E-state index < -0.39 is 10.0 Å². The molecule has 2 rings (SSSR count). The maximum Gasteiger partial charge on any atom is 0.252 e. The highest BCUT2D eigenvalue weighted by molar-refractivity contribution is 7.91. The lowest BCUT2D eigenvalue weighted by atomic mass is 10.3. The van der Waals surface area contributed by atoms with Crippen LogP contribution in [-0.2, 0) is 16.6 Å². The van der Waals surface area contributed by atoms with Gasteiger partial charge in [0.05, 0.1) is 0 Å². The molecule has 0 unspecified atom stereocenters. The maximum absolute atomic E-state index is 12.6. The van der Waals surface area contributed by atoms with Crippen LogP contribution in [0.4, 0.5) is 0 Å². The number of nitrogens with zero attached hydrogens (tertiary/aromatic N) is 3. The van der Waals surface area contributed by atoms with Crippen molar-refractivity contribution < 1.29 is 8.42 Å². The van der Waals surface area contributed by atoms with Crippen LogP contribution >= 0.6 is 11.3 Å². The van der Waals surface area contributed by atoms with E-state index in [0.717, 1.165) is 31.7 Å². The normalized spacial score (nSPS) is 18.5. The van der Waals surface area contributed by atoms with Gasteiger partial charge in [0.25, 0.3) is 10.0 Å². The summed E-state index contributed by atoms with van der Waals surface area (Å²) in [6.45, 7) is 5.07. The predicted octanol–water partition coefficient (Wildman–Crippen LogP) is 0.0747. The summed E-state index contributed by atoms with van der Waals surface area (Å²) in [4.78, 5) is 4.45. The molecule has 0 amide bonds. The third-order valence-corrected chi connectivity index (χ3v) is 7.02. The van der Waals surface area contributed by atoms with Gasteiger partial charge in [-0.15, -0.1) is 11.3 Å². The highest BCUT2D eigenvalue weighted by Gasteiger charge is 2.29. The minimum Gasteiger partial charge on any atom is -0.326 e. The van der Waals surface area contributed by atoms with Crippen molar-refractivity contribution in [1.82, 2.24) is 14.1 Å². The number of likely N-dealkylation sites (N-methyl/N-ethyl adjacent to an activating group) is 1. The van der Waals surface area contributed by atoms with Crippen molar-refractivity contribution in [3.63, 3.8) is 0 Å². The largest absolute Gasteiger partial charge is 0.326 e. The van der Waals surface area contributed by atoms with Crippen molar-refractivity contribution in [2.24, 2.45) is 5.73 Å². The van der Waals surface area contributed by atoms with Gasteiger partial charge in [0.15, 0.2) is 0 Å². The minimum absolute atomic E-state index is 0.379. The molecule has 1 aromatic rings. The van der Waals surface area contributed by atoms with Crippen molar-refractivity contribution in [2.45, 2.75) is 10.8 Å². The van der Waals surface area contributed by atoms with Gasteiger partial charge in [0.2, 0.25) is 0 Å². The van der Waals surface area contributed by atoms with Gasteiger partial charge in [-0.3, -0.25) is 4.90 Å². The average molecular weight is 332 g/mol. The molecule has 0 bridgehead atoms. The summed E-state index contributed by atoms with van der Waals surface area (Å²) in [5.41, 5.74) is 6.43. The highest BCUT2D eigenvalue weighted by atomic mass is 32.2. The van der Waals surface area contributed by atoms with Crippen LogP contribution < -0.4 is 5.73 Å². The van der Waals surface area contributed by atoms with E-state index in [2.05, 4.69) is 9.80 Å². The summed E-state index contributed by atoms with van der Waals surface area (Å²) in [5, 5.41) is 1.82. The van der Waals surface area contributed by atoms with Crippen LogP contribution in [0.15, 0.2) is 15.7 Å². The van der Waals surface area contributed by atoms with E-state index in [1.54, 1.807) is 10.4 Å². The van der Waals surface area contributed by atoms with E-state index >= 15 is 0 Å². The van der Waals surface area contributed by atoms with Crippen molar-refractivity contribution in [3.8, 4) is 0 Å². The molecule has 0 spiro atoms. The van der Waals surface area contributed by atoms with Gasteiger partial charge in [-0.05, 0) is 31.1 Å². The van der Waals surface area contributed by atoms with Crippen molar-refractivity contribution in [1.29, 1.82) is 0 Å². The lowest BCUT2D eigenvalue weighted by molar-refractivity contribution is 0.175. The second-order valence-electron chi connectivity index (χ2n) is 5.53. The Morgan fingerprint density at radius 1 is 1.29 bits per heavy atom. The van der Waals surface area contributed by atoms with Gasteiger partial charge in [0, 0.05) is 45.8 Å². The zero-order valence-corrected chi connectivity index (χ0v) is 14.3. The molecule has 0 aromatic carbocycles. The topological polar surface area (TPSA) is 69.9 Å². The molecule has 0 saturated carbocycles. The summed E-state index contributed by atoms with van der Waals surface area (Å²) in [6.07, 6.45) is 0. The molecule has 1 saturated heterocycles. The predicted molar refractivity (Wildman–Crippen MR) is 86.0 cm³/mol. The first kappa shape index (κ1) is 16.9. The fraction of sp³-hybridized carbons (Fsp3) is 0.692. The Bertz CT molecular complexity index is 548. The van der Waals surface area contributed by atoms with Crippen LogP contribution in [0.25, 0.3) is 0 Å². The first-order valence-corrected chi connectivity index (χ1v) is 9.40. The number of hydrogen-bond donors (Lipinski definition) is 1. The van der Waals surface area contributed by atoms with Gasteiger partial charge >= 0.3 is 0 Å². The van der Waals surface area contributed by atoms with Gasteiger partial charge in [-0.2, -0.15) is 4.31 Å². The van der Waals surface area contributed by atoms with E-state index in [1.165, 1.54) is 11.3 Å². The molecule has 21 heavy (non-hydrogen) atoms. The number of piperazine rings is 1. The van der Waals surface area contributed by atoms with Crippen LogP contribution in [0.1, 0.15) is 5.56 Å². The standard InChI is InChI=1S/C13H24N4O2S2/c1-15(2)3-4-16-5-7-17(8-6-16)21(18,19)13-9-12(10-14)11-20-13/h9,11H,3-8,10,14H2,1-2H3. The van der Waals surface area contributed by atoms with Crippen molar-refractivity contribution >= 4 is 21.4 Å². The second-order valence-corrected chi connectivity index (χ2v) is 8.60. The first-order valence-electron chi connectivity index (χ1n) is 7.08. The number of thiophene rings is 1. The molecular weight excluding hydrogens is 308 g/mol. The van der Waals surface area contributed by atoms with Gasteiger partial charge in [-0.1, -0.05) is 0 Å². The molecule has 0 aliphatic carbocycles. The number of hydrogen-bond acceptors (Lipinski definition) is 6. The third-order valence-electron chi connectivity index (χ3n) is 3.65. The molecule has 120 valence electrons. The third kappa shape index (κ3) is 4.24. The van der Waals surface area contributed by atoms with E-state index in [0.29, 0.717) is 23.8 Å². The fourth-order valence-electron chi connectivity index (χ4n) is 2.26. The smallest absolute Gasteiger partial charge is 0.252 e. The van der Waals surface area contributed by atoms with E-state index in [1.807, 2.05) is 19.5 Å². The molecule has 1 fully saturated rings. The van der Waals surface area contributed by atoms with Crippen LogP contribution in [0.2, 0.25) is 0 Å². The minimum atomic E-state index is -3.35. The molecular formula is C13H24N4O2S2. The Labute approximate surface area is 131 Å². The summed E-state index contributed by atoms with van der Waals surface area (Å²) >= 11 is 1.26.